The first-order valence-corrected chi connectivity index (χ1v) is 8.53. The van der Waals surface area contributed by atoms with E-state index < -0.39 is 21.5 Å². The Morgan fingerprint density at radius 3 is 2.30 bits per heavy atom. The molecule has 0 atom stereocenters. The molecule has 0 heterocycles. The lowest BCUT2D eigenvalue weighted by Gasteiger charge is -2.20. The average molecular weight is 341 g/mol. The third-order valence-corrected chi connectivity index (χ3v) is 4.50. The van der Waals surface area contributed by atoms with E-state index in [1.54, 1.807) is 34.9 Å². The van der Waals surface area contributed by atoms with E-state index in [2.05, 4.69) is 10.0 Å². The number of nitrogens with one attached hydrogen (secondary N) is 2. The Bertz CT molecular complexity index is 691. The zero-order valence-corrected chi connectivity index (χ0v) is 14.8. The number of sulfonamides is 1. The van der Waals surface area contributed by atoms with Gasteiger partial charge >= 0.3 is 0 Å². The first-order chi connectivity index (χ1) is 10.4. The summed E-state index contributed by atoms with van der Waals surface area (Å²) >= 11 is 0. The molecular weight excluding hydrogens is 318 g/mol. The normalized spacial score (nSPS) is 11.9. The van der Waals surface area contributed by atoms with Crippen molar-refractivity contribution in [2.24, 2.45) is 0 Å². The number of likely N-dealkylation sites (N-methyl/N-ethyl adjacent to an activating group) is 1. The molecule has 0 saturated heterocycles. The lowest BCUT2D eigenvalue weighted by atomic mass is 10.1. The highest BCUT2D eigenvalue weighted by Crippen LogP contribution is 2.14. The van der Waals surface area contributed by atoms with Gasteiger partial charge in [-0.2, -0.15) is 0 Å². The van der Waals surface area contributed by atoms with E-state index in [0.717, 1.165) is 0 Å². The van der Waals surface area contributed by atoms with Gasteiger partial charge in [0.15, 0.2) is 0 Å². The molecule has 0 saturated carbocycles. The first-order valence-electron chi connectivity index (χ1n) is 7.05. The van der Waals surface area contributed by atoms with E-state index >= 15 is 0 Å². The summed E-state index contributed by atoms with van der Waals surface area (Å²) in [7, 11) is -0.558. The van der Waals surface area contributed by atoms with Gasteiger partial charge in [-0.05, 0) is 39.0 Å². The van der Waals surface area contributed by atoms with E-state index in [-0.39, 0.29) is 22.9 Å². The topological polar surface area (TPSA) is 95.6 Å². The molecule has 2 amide bonds. The van der Waals surface area contributed by atoms with Crippen molar-refractivity contribution in [2.45, 2.75) is 31.2 Å². The second kappa shape index (κ2) is 7.10. The molecule has 128 valence electrons. The van der Waals surface area contributed by atoms with E-state index in [1.807, 2.05) is 0 Å². The van der Waals surface area contributed by atoms with Crippen molar-refractivity contribution in [3.05, 3.63) is 29.8 Å². The Hall–Kier alpha value is -1.93. The number of amides is 2. The second-order valence-corrected chi connectivity index (χ2v) is 8.04. The van der Waals surface area contributed by atoms with Gasteiger partial charge in [0.05, 0.1) is 11.4 Å². The van der Waals surface area contributed by atoms with Gasteiger partial charge in [0.1, 0.15) is 0 Å². The Labute approximate surface area is 137 Å². The highest BCUT2D eigenvalue weighted by atomic mass is 32.2. The minimum atomic E-state index is -3.72. The molecule has 0 aliphatic rings. The molecule has 0 aliphatic carbocycles. The zero-order chi connectivity index (χ0) is 17.8. The van der Waals surface area contributed by atoms with Crippen molar-refractivity contribution in [1.82, 2.24) is 14.9 Å². The second-order valence-electron chi connectivity index (χ2n) is 6.35. The van der Waals surface area contributed by atoms with Gasteiger partial charge in [-0.25, -0.2) is 13.1 Å². The largest absolute Gasteiger partial charge is 0.347 e. The summed E-state index contributed by atoms with van der Waals surface area (Å²) < 4.78 is 27.1. The summed E-state index contributed by atoms with van der Waals surface area (Å²) in [5.74, 6) is -0.760. The number of hydrogen-bond acceptors (Lipinski definition) is 4. The van der Waals surface area contributed by atoms with Crippen LogP contribution in [0.4, 0.5) is 0 Å². The third-order valence-electron chi connectivity index (χ3n) is 2.75. The zero-order valence-electron chi connectivity index (χ0n) is 14.0. The van der Waals surface area contributed by atoms with Gasteiger partial charge in [-0.3, -0.25) is 9.59 Å². The van der Waals surface area contributed by atoms with Crippen molar-refractivity contribution in [1.29, 1.82) is 0 Å². The maximum atomic E-state index is 12.3. The molecule has 1 aromatic carbocycles. The van der Waals surface area contributed by atoms with Crippen LogP contribution in [0.5, 0.6) is 0 Å². The lowest BCUT2D eigenvalue weighted by Crippen LogP contribution is -2.40. The predicted molar refractivity (Wildman–Crippen MR) is 87.5 cm³/mol. The SMILES string of the molecule is CN(C)C(=O)CNC(=O)c1cccc(S(=O)(=O)NC(C)(C)C)c1. The molecule has 0 aliphatic heterocycles. The minimum Gasteiger partial charge on any atom is -0.347 e. The van der Waals surface area contributed by atoms with Crippen molar-refractivity contribution < 1.29 is 18.0 Å². The summed E-state index contributed by atoms with van der Waals surface area (Å²) in [6.45, 7) is 5.04. The summed E-state index contributed by atoms with van der Waals surface area (Å²) in [4.78, 5) is 24.9. The van der Waals surface area contributed by atoms with Crippen LogP contribution in [0.25, 0.3) is 0 Å². The van der Waals surface area contributed by atoms with Crippen LogP contribution in [0.2, 0.25) is 0 Å². The molecule has 0 bridgehead atoms. The Balaban J connectivity index is 2.92. The smallest absolute Gasteiger partial charge is 0.251 e. The van der Waals surface area contributed by atoms with Crippen LogP contribution >= 0.6 is 0 Å². The standard InChI is InChI=1S/C15H23N3O4S/c1-15(2,3)17-23(21,22)12-8-6-7-11(9-12)14(20)16-10-13(19)18(4)5/h6-9,17H,10H2,1-5H3,(H,16,20). The van der Waals surface area contributed by atoms with E-state index in [0.29, 0.717) is 0 Å². The fourth-order valence-electron chi connectivity index (χ4n) is 1.68. The summed E-state index contributed by atoms with van der Waals surface area (Å²) in [5.41, 5.74) is -0.455. The van der Waals surface area contributed by atoms with Crippen LogP contribution in [0.1, 0.15) is 31.1 Å². The van der Waals surface area contributed by atoms with E-state index in [1.165, 1.54) is 29.2 Å². The van der Waals surface area contributed by atoms with E-state index in [9.17, 15) is 18.0 Å². The van der Waals surface area contributed by atoms with Crippen LogP contribution in [0.3, 0.4) is 0 Å². The number of benzene rings is 1. The molecular formula is C15H23N3O4S. The van der Waals surface area contributed by atoms with Gasteiger partial charge in [0.25, 0.3) is 5.91 Å². The molecule has 23 heavy (non-hydrogen) atoms. The van der Waals surface area contributed by atoms with Gasteiger partial charge in [0.2, 0.25) is 15.9 Å². The number of rotatable bonds is 5. The fourth-order valence-corrected chi connectivity index (χ4v) is 3.15. The van der Waals surface area contributed by atoms with Gasteiger partial charge in [-0.15, -0.1) is 0 Å². The predicted octanol–water partition coefficient (Wildman–Crippen LogP) is 0.581. The molecule has 0 radical (unpaired) electrons. The van der Waals surface area contributed by atoms with Crippen LogP contribution < -0.4 is 10.0 Å². The third kappa shape index (κ3) is 5.99. The van der Waals surface area contributed by atoms with Crippen molar-refractivity contribution in [3.63, 3.8) is 0 Å². The van der Waals surface area contributed by atoms with Gasteiger partial charge in [0, 0.05) is 25.2 Å². The van der Waals surface area contributed by atoms with Crippen LogP contribution in [-0.4, -0.2) is 51.3 Å². The Morgan fingerprint density at radius 2 is 1.78 bits per heavy atom. The molecule has 0 spiro atoms. The Morgan fingerprint density at radius 1 is 1.17 bits per heavy atom. The van der Waals surface area contributed by atoms with Gasteiger partial charge in [-0.1, -0.05) is 6.07 Å². The van der Waals surface area contributed by atoms with Crippen LogP contribution in [0.15, 0.2) is 29.2 Å². The molecule has 0 unspecified atom stereocenters. The maximum absolute atomic E-state index is 12.3. The minimum absolute atomic E-state index is 0.000916. The monoisotopic (exact) mass is 341 g/mol. The fraction of sp³-hybridized carbons (Fsp3) is 0.467. The van der Waals surface area contributed by atoms with Crippen LogP contribution in [0, 0.1) is 0 Å². The van der Waals surface area contributed by atoms with E-state index in [4.69, 9.17) is 0 Å². The molecule has 2 N–H and O–H groups in total. The number of nitrogens with zero attached hydrogens (tertiary/aromatic N) is 1. The highest BCUT2D eigenvalue weighted by Gasteiger charge is 2.22. The number of hydrogen-bond donors (Lipinski definition) is 2. The Kier molecular flexibility index (Phi) is 5.90. The molecule has 7 nitrogen and oxygen atoms in total. The van der Waals surface area contributed by atoms with Crippen molar-refractivity contribution in [2.75, 3.05) is 20.6 Å². The number of carbonyl (C=O) groups is 2. The van der Waals surface area contributed by atoms with Crippen molar-refractivity contribution >= 4 is 21.8 Å². The number of carbonyl (C=O) groups excluding carboxylic acids is 2. The molecule has 1 rings (SSSR count). The average Bonchev–Trinajstić information content (AvgIpc) is 2.41. The van der Waals surface area contributed by atoms with Crippen LogP contribution in [-0.2, 0) is 14.8 Å². The van der Waals surface area contributed by atoms with Crippen molar-refractivity contribution in [3.8, 4) is 0 Å². The van der Waals surface area contributed by atoms with Gasteiger partial charge < -0.3 is 10.2 Å². The lowest BCUT2D eigenvalue weighted by molar-refractivity contribution is -0.127. The quantitative estimate of drug-likeness (QED) is 0.819. The summed E-state index contributed by atoms with van der Waals surface area (Å²) in [6.07, 6.45) is 0. The molecule has 8 heteroatoms. The summed E-state index contributed by atoms with van der Waals surface area (Å²) in [5, 5.41) is 2.46. The highest BCUT2D eigenvalue weighted by molar-refractivity contribution is 7.89. The first kappa shape index (κ1) is 19.1. The summed E-state index contributed by atoms with van der Waals surface area (Å²) in [6, 6.07) is 5.67. The molecule has 0 fully saturated rings. The molecule has 0 aromatic heterocycles. The maximum Gasteiger partial charge on any atom is 0.251 e. The molecule has 1 aromatic rings.